The van der Waals surface area contributed by atoms with Gasteiger partial charge in [-0.25, -0.2) is 0 Å². The van der Waals surface area contributed by atoms with E-state index in [1.165, 1.54) is 0 Å². The molecular weight excluding hydrogens is 316 g/mol. The molecule has 0 saturated heterocycles. The van der Waals surface area contributed by atoms with Gasteiger partial charge >= 0.3 is 0 Å². The standard InChI is InChI=1S/C20H26N2O3/c1-15(25-18-12-10-17(24-4)11-13-18)20(23)21-19(14-22(2)3)16-8-6-5-7-9-16/h5-13,15,19H,14H2,1-4H3,(H,21,23)/t15-,19-/m1/s1. The number of hydrogen-bond donors (Lipinski definition) is 1. The number of hydrogen-bond acceptors (Lipinski definition) is 4. The summed E-state index contributed by atoms with van der Waals surface area (Å²) in [6, 6.07) is 17.0. The molecule has 2 rings (SSSR count). The molecule has 0 fully saturated rings. The number of likely N-dealkylation sites (N-methyl/N-ethyl adjacent to an activating group) is 1. The van der Waals surface area contributed by atoms with E-state index in [9.17, 15) is 4.79 Å². The molecule has 5 nitrogen and oxygen atoms in total. The van der Waals surface area contributed by atoms with E-state index in [1.54, 1.807) is 38.3 Å². The average molecular weight is 342 g/mol. The number of methoxy groups -OCH3 is 1. The Morgan fingerprint density at radius 2 is 1.64 bits per heavy atom. The SMILES string of the molecule is COc1ccc(O[C@H](C)C(=O)N[C@H](CN(C)C)c2ccccc2)cc1. The molecule has 2 aromatic carbocycles. The Morgan fingerprint density at radius 3 is 2.20 bits per heavy atom. The monoisotopic (exact) mass is 342 g/mol. The highest BCUT2D eigenvalue weighted by Gasteiger charge is 2.20. The van der Waals surface area contributed by atoms with Gasteiger partial charge in [-0.15, -0.1) is 0 Å². The highest BCUT2D eigenvalue weighted by Crippen LogP contribution is 2.19. The predicted octanol–water partition coefficient (Wildman–Crippen LogP) is 2.88. The number of carbonyl (C=O) groups is 1. The Hall–Kier alpha value is -2.53. The Morgan fingerprint density at radius 1 is 1.04 bits per heavy atom. The number of nitrogens with zero attached hydrogens (tertiary/aromatic N) is 1. The number of nitrogens with one attached hydrogen (secondary N) is 1. The van der Waals surface area contributed by atoms with Crippen LogP contribution in [0.3, 0.4) is 0 Å². The molecule has 0 radical (unpaired) electrons. The van der Waals surface area contributed by atoms with Gasteiger partial charge in [-0.05, 0) is 50.8 Å². The van der Waals surface area contributed by atoms with Crippen LogP contribution in [0.15, 0.2) is 54.6 Å². The van der Waals surface area contributed by atoms with E-state index in [0.29, 0.717) is 12.3 Å². The van der Waals surface area contributed by atoms with Gasteiger partial charge in [0.25, 0.3) is 5.91 Å². The molecule has 0 unspecified atom stereocenters. The van der Waals surface area contributed by atoms with Gasteiger partial charge in [-0.3, -0.25) is 4.79 Å². The van der Waals surface area contributed by atoms with Gasteiger partial charge in [-0.1, -0.05) is 30.3 Å². The molecule has 25 heavy (non-hydrogen) atoms. The summed E-state index contributed by atoms with van der Waals surface area (Å²) >= 11 is 0. The first-order valence-electron chi connectivity index (χ1n) is 8.30. The normalized spacial score (nSPS) is 13.2. The van der Waals surface area contributed by atoms with Crippen molar-refractivity contribution in [3.05, 3.63) is 60.2 Å². The molecule has 0 aliphatic rings. The number of rotatable bonds is 8. The molecule has 0 spiro atoms. The van der Waals surface area contributed by atoms with Crippen LogP contribution in [0.5, 0.6) is 11.5 Å². The zero-order chi connectivity index (χ0) is 18.2. The summed E-state index contributed by atoms with van der Waals surface area (Å²) in [5.74, 6) is 1.23. The fourth-order valence-corrected chi connectivity index (χ4v) is 2.49. The summed E-state index contributed by atoms with van der Waals surface area (Å²) in [7, 11) is 5.58. The lowest BCUT2D eigenvalue weighted by molar-refractivity contribution is -0.128. The zero-order valence-electron chi connectivity index (χ0n) is 15.2. The Bertz CT molecular complexity index is 656. The van der Waals surface area contributed by atoms with Crippen LogP contribution in [0.4, 0.5) is 0 Å². The van der Waals surface area contributed by atoms with Crippen molar-refractivity contribution in [2.24, 2.45) is 0 Å². The van der Waals surface area contributed by atoms with E-state index in [0.717, 1.165) is 11.3 Å². The van der Waals surface area contributed by atoms with Crippen molar-refractivity contribution in [1.29, 1.82) is 0 Å². The van der Waals surface area contributed by atoms with Gasteiger partial charge in [-0.2, -0.15) is 0 Å². The summed E-state index contributed by atoms with van der Waals surface area (Å²) in [6.45, 7) is 2.46. The summed E-state index contributed by atoms with van der Waals surface area (Å²) < 4.78 is 10.9. The van der Waals surface area contributed by atoms with Crippen molar-refractivity contribution in [2.45, 2.75) is 19.1 Å². The van der Waals surface area contributed by atoms with Crippen molar-refractivity contribution in [2.75, 3.05) is 27.7 Å². The second-order valence-corrected chi connectivity index (χ2v) is 6.17. The molecule has 2 atom stereocenters. The first kappa shape index (κ1) is 18.8. The van der Waals surface area contributed by atoms with Crippen molar-refractivity contribution < 1.29 is 14.3 Å². The highest BCUT2D eigenvalue weighted by atomic mass is 16.5. The molecule has 0 aromatic heterocycles. The third-order valence-electron chi connectivity index (χ3n) is 3.81. The molecule has 0 aliphatic heterocycles. The summed E-state index contributed by atoms with van der Waals surface area (Å²) in [4.78, 5) is 14.6. The van der Waals surface area contributed by atoms with Gasteiger partial charge < -0.3 is 19.7 Å². The Kier molecular flexibility index (Phi) is 6.83. The van der Waals surface area contributed by atoms with Crippen LogP contribution in [0.1, 0.15) is 18.5 Å². The van der Waals surface area contributed by atoms with Gasteiger partial charge in [0, 0.05) is 6.54 Å². The molecular formula is C20H26N2O3. The lowest BCUT2D eigenvalue weighted by Gasteiger charge is -2.24. The van der Waals surface area contributed by atoms with E-state index in [-0.39, 0.29) is 11.9 Å². The summed E-state index contributed by atoms with van der Waals surface area (Å²) in [5.41, 5.74) is 1.07. The molecule has 1 amide bonds. The van der Waals surface area contributed by atoms with E-state index in [1.807, 2.05) is 49.3 Å². The van der Waals surface area contributed by atoms with Gasteiger partial charge in [0.05, 0.1) is 13.2 Å². The van der Waals surface area contributed by atoms with Crippen LogP contribution in [0.2, 0.25) is 0 Å². The molecule has 134 valence electrons. The molecule has 0 bridgehead atoms. The van der Waals surface area contributed by atoms with Crippen molar-refractivity contribution in [1.82, 2.24) is 10.2 Å². The van der Waals surface area contributed by atoms with Crippen LogP contribution in [0, 0.1) is 0 Å². The van der Waals surface area contributed by atoms with Gasteiger partial charge in [0.2, 0.25) is 0 Å². The summed E-state index contributed by atoms with van der Waals surface area (Å²) in [5, 5.41) is 3.08. The maximum Gasteiger partial charge on any atom is 0.261 e. The van der Waals surface area contributed by atoms with E-state index >= 15 is 0 Å². The van der Waals surface area contributed by atoms with E-state index in [4.69, 9.17) is 9.47 Å². The molecule has 0 saturated carbocycles. The lowest BCUT2D eigenvalue weighted by Crippen LogP contribution is -2.41. The van der Waals surface area contributed by atoms with E-state index in [2.05, 4.69) is 5.32 Å². The lowest BCUT2D eigenvalue weighted by atomic mass is 10.1. The molecule has 0 aliphatic carbocycles. The first-order valence-corrected chi connectivity index (χ1v) is 8.30. The third kappa shape index (κ3) is 5.80. The average Bonchev–Trinajstić information content (AvgIpc) is 2.62. The number of amides is 1. The van der Waals surface area contributed by atoms with Crippen molar-refractivity contribution in [3.63, 3.8) is 0 Å². The summed E-state index contributed by atoms with van der Waals surface area (Å²) in [6.07, 6.45) is -0.596. The molecule has 5 heteroatoms. The van der Waals surface area contributed by atoms with Gasteiger partial charge in [0.15, 0.2) is 6.10 Å². The third-order valence-corrected chi connectivity index (χ3v) is 3.81. The Balaban J connectivity index is 2.01. The zero-order valence-corrected chi connectivity index (χ0v) is 15.2. The quantitative estimate of drug-likeness (QED) is 0.801. The van der Waals surface area contributed by atoms with Crippen LogP contribution < -0.4 is 14.8 Å². The fourth-order valence-electron chi connectivity index (χ4n) is 2.49. The fraction of sp³-hybridized carbons (Fsp3) is 0.350. The van der Waals surface area contributed by atoms with Crippen LogP contribution in [-0.2, 0) is 4.79 Å². The maximum absolute atomic E-state index is 12.6. The van der Waals surface area contributed by atoms with Crippen molar-refractivity contribution in [3.8, 4) is 11.5 Å². The second-order valence-electron chi connectivity index (χ2n) is 6.17. The minimum Gasteiger partial charge on any atom is -0.497 e. The van der Waals surface area contributed by atoms with Crippen molar-refractivity contribution >= 4 is 5.91 Å². The van der Waals surface area contributed by atoms with Gasteiger partial charge in [0.1, 0.15) is 11.5 Å². The Labute approximate surface area is 149 Å². The predicted molar refractivity (Wildman–Crippen MR) is 99.0 cm³/mol. The molecule has 0 heterocycles. The molecule has 2 aromatic rings. The number of ether oxygens (including phenoxy) is 2. The number of carbonyl (C=O) groups excluding carboxylic acids is 1. The minimum absolute atomic E-state index is 0.0920. The van der Waals surface area contributed by atoms with Crippen LogP contribution in [-0.4, -0.2) is 44.7 Å². The minimum atomic E-state index is -0.596. The highest BCUT2D eigenvalue weighted by molar-refractivity contribution is 5.81. The largest absolute Gasteiger partial charge is 0.497 e. The van der Waals surface area contributed by atoms with Crippen LogP contribution in [0.25, 0.3) is 0 Å². The van der Waals surface area contributed by atoms with E-state index < -0.39 is 6.10 Å². The first-order chi connectivity index (χ1) is 12.0. The smallest absolute Gasteiger partial charge is 0.261 e. The van der Waals surface area contributed by atoms with Crippen LogP contribution >= 0.6 is 0 Å². The number of benzene rings is 2. The molecule has 1 N–H and O–H groups in total. The maximum atomic E-state index is 12.6. The topological polar surface area (TPSA) is 50.8 Å². The second kappa shape index (κ2) is 9.08.